The molecule has 0 amide bonds. The molecule has 4 bridgehead atoms. The van der Waals surface area contributed by atoms with E-state index in [4.69, 9.17) is 22.2 Å². The number of nitro groups is 1. The van der Waals surface area contributed by atoms with Crippen LogP contribution in [0.3, 0.4) is 0 Å². The van der Waals surface area contributed by atoms with Gasteiger partial charge in [-0.15, -0.1) is 0 Å². The minimum absolute atomic E-state index is 0.00977. The van der Waals surface area contributed by atoms with Gasteiger partial charge in [-0.2, -0.15) is 4.68 Å². The van der Waals surface area contributed by atoms with E-state index in [0.29, 0.717) is 29.5 Å². The molecule has 11 heteroatoms. The van der Waals surface area contributed by atoms with Crippen LogP contribution in [0.4, 0.5) is 10.2 Å². The molecular formula is C23H25ClFN5O4. The van der Waals surface area contributed by atoms with E-state index in [9.17, 15) is 19.3 Å². The number of hydrogen-bond acceptors (Lipinski definition) is 6. The molecular weight excluding hydrogens is 465 g/mol. The molecule has 2 N–H and O–H groups in total. The van der Waals surface area contributed by atoms with E-state index in [1.807, 2.05) is 0 Å². The van der Waals surface area contributed by atoms with Crippen molar-refractivity contribution in [3.63, 3.8) is 0 Å². The molecule has 4 fully saturated rings. The van der Waals surface area contributed by atoms with E-state index in [-0.39, 0.29) is 28.5 Å². The second-order valence-corrected chi connectivity index (χ2v) is 10.6. The standard InChI is InChI=1S/C23H25ClFN5O4/c1-13-19(24)21(30(32)33)27-29(13)23-9-14-6-15(10-23)8-22(7-14,12-23)11-18(31)34-28-20(26)16-2-4-17(25)5-3-16/h2-5,14-15H,6-12H2,1H3,(H2,26,28). The summed E-state index contributed by atoms with van der Waals surface area (Å²) in [5, 5.41) is 19.6. The molecule has 0 aliphatic heterocycles. The van der Waals surface area contributed by atoms with Gasteiger partial charge in [0.15, 0.2) is 10.9 Å². The highest BCUT2D eigenvalue weighted by Gasteiger charge is 2.61. The monoisotopic (exact) mass is 489 g/mol. The average Bonchev–Trinajstić information content (AvgIpc) is 3.07. The van der Waals surface area contributed by atoms with E-state index < -0.39 is 22.2 Å². The van der Waals surface area contributed by atoms with Gasteiger partial charge in [-0.25, -0.2) is 9.18 Å². The Balaban J connectivity index is 1.37. The van der Waals surface area contributed by atoms with Crippen molar-refractivity contribution in [2.45, 2.75) is 57.4 Å². The second-order valence-electron chi connectivity index (χ2n) is 10.2. The zero-order valence-corrected chi connectivity index (χ0v) is 19.4. The molecule has 1 heterocycles. The molecule has 2 atom stereocenters. The maximum Gasteiger partial charge on any atom is 0.408 e. The highest BCUT2D eigenvalue weighted by atomic mass is 35.5. The first-order valence-corrected chi connectivity index (χ1v) is 11.7. The molecule has 34 heavy (non-hydrogen) atoms. The molecule has 6 rings (SSSR count). The quantitative estimate of drug-likeness (QED) is 0.210. The molecule has 1 aromatic heterocycles. The normalized spacial score (nSPS) is 29.9. The Bertz CT molecular complexity index is 1180. The zero-order chi connectivity index (χ0) is 24.3. The van der Waals surface area contributed by atoms with Crippen LogP contribution in [-0.4, -0.2) is 26.5 Å². The highest BCUT2D eigenvalue weighted by molar-refractivity contribution is 6.33. The Hall–Kier alpha value is -3.01. The number of rotatable bonds is 6. The minimum atomic E-state index is -0.553. The van der Waals surface area contributed by atoms with E-state index >= 15 is 0 Å². The van der Waals surface area contributed by atoms with Crippen LogP contribution in [0.1, 0.15) is 56.2 Å². The number of oxime groups is 1. The lowest BCUT2D eigenvalue weighted by atomic mass is 9.46. The Kier molecular flexibility index (Phi) is 5.38. The maximum atomic E-state index is 13.1. The lowest BCUT2D eigenvalue weighted by Gasteiger charge is -2.61. The van der Waals surface area contributed by atoms with Gasteiger partial charge in [0.2, 0.25) is 0 Å². The van der Waals surface area contributed by atoms with Gasteiger partial charge in [-0.3, -0.25) is 0 Å². The number of nitrogens with two attached hydrogens (primary N) is 1. The van der Waals surface area contributed by atoms with Crippen molar-refractivity contribution in [1.82, 2.24) is 9.78 Å². The predicted octanol–water partition coefficient (Wildman–Crippen LogP) is 4.44. The Labute approximate surface area is 200 Å². The summed E-state index contributed by atoms with van der Waals surface area (Å²) in [7, 11) is 0. The molecule has 4 saturated carbocycles. The van der Waals surface area contributed by atoms with Crippen LogP contribution < -0.4 is 5.73 Å². The first-order chi connectivity index (χ1) is 16.1. The van der Waals surface area contributed by atoms with Crippen molar-refractivity contribution in [3.8, 4) is 0 Å². The van der Waals surface area contributed by atoms with Crippen LogP contribution in [0.15, 0.2) is 29.4 Å². The highest BCUT2D eigenvalue weighted by Crippen LogP contribution is 2.65. The third kappa shape index (κ3) is 3.83. The van der Waals surface area contributed by atoms with Gasteiger partial charge < -0.3 is 20.7 Å². The summed E-state index contributed by atoms with van der Waals surface area (Å²) in [6.07, 6.45) is 5.47. The number of hydrogen-bond donors (Lipinski definition) is 1. The van der Waals surface area contributed by atoms with E-state index in [1.54, 1.807) is 11.6 Å². The van der Waals surface area contributed by atoms with Crippen LogP contribution >= 0.6 is 11.6 Å². The SMILES string of the molecule is Cc1c(Cl)c([N+](=O)[O-])nn1C12CC3CC(CC(CC(=O)O/N=C(\N)c4ccc(F)cc4)(C3)C1)C2. The molecule has 0 spiro atoms. The number of nitrogens with zero attached hydrogens (tertiary/aromatic N) is 4. The summed E-state index contributed by atoms with van der Waals surface area (Å²) >= 11 is 6.25. The molecule has 2 aromatic rings. The zero-order valence-electron chi connectivity index (χ0n) is 18.7. The number of carbonyl (C=O) groups excluding carboxylic acids is 1. The van der Waals surface area contributed by atoms with E-state index in [1.165, 1.54) is 24.3 Å². The summed E-state index contributed by atoms with van der Waals surface area (Å²) in [6.45, 7) is 1.76. The summed E-state index contributed by atoms with van der Waals surface area (Å²) in [5.74, 6) is -0.406. The third-order valence-corrected chi connectivity index (χ3v) is 8.15. The maximum absolute atomic E-state index is 13.1. The van der Waals surface area contributed by atoms with Gasteiger partial charge in [0, 0.05) is 5.56 Å². The summed E-state index contributed by atoms with van der Waals surface area (Å²) in [5.41, 5.74) is 6.23. The van der Waals surface area contributed by atoms with Crippen molar-refractivity contribution in [2.75, 3.05) is 0 Å². The molecule has 4 aliphatic carbocycles. The summed E-state index contributed by atoms with van der Waals surface area (Å²) < 4.78 is 14.9. The largest absolute Gasteiger partial charge is 0.408 e. The van der Waals surface area contributed by atoms with Crippen molar-refractivity contribution < 1.29 is 18.9 Å². The molecule has 180 valence electrons. The van der Waals surface area contributed by atoms with Crippen LogP contribution in [0.2, 0.25) is 5.02 Å². The van der Waals surface area contributed by atoms with Gasteiger partial charge in [-0.1, -0.05) is 16.8 Å². The first-order valence-electron chi connectivity index (χ1n) is 11.3. The van der Waals surface area contributed by atoms with Crippen LogP contribution in [-0.2, 0) is 15.2 Å². The molecule has 0 radical (unpaired) electrons. The van der Waals surface area contributed by atoms with Gasteiger partial charge in [0.1, 0.15) is 5.82 Å². The van der Waals surface area contributed by atoms with Crippen LogP contribution in [0.5, 0.6) is 0 Å². The lowest BCUT2D eigenvalue weighted by Crippen LogP contribution is -2.57. The minimum Gasteiger partial charge on any atom is -0.380 e. The fourth-order valence-electron chi connectivity index (χ4n) is 7.02. The number of benzene rings is 1. The average molecular weight is 490 g/mol. The predicted molar refractivity (Wildman–Crippen MR) is 122 cm³/mol. The van der Waals surface area contributed by atoms with Crippen molar-refractivity contribution in [1.29, 1.82) is 0 Å². The van der Waals surface area contributed by atoms with E-state index in [2.05, 4.69) is 10.3 Å². The molecule has 0 saturated heterocycles. The first kappa shape index (κ1) is 22.8. The fourth-order valence-corrected chi connectivity index (χ4v) is 7.20. The number of halogens is 2. The van der Waals surface area contributed by atoms with Gasteiger partial charge in [0.25, 0.3) is 0 Å². The Morgan fingerprint density at radius 1 is 1.32 bits per heavy atom. The van der Waals surface area contributed by atoms with E-state index in [0.717, 1.165) is 32.1 Å². The Morgan fingerprint density at radius 3 is 2.56 bits per heavy atom. The van der Waals surface area contributed by atoms with Crippen molar-refractivity contribution in [2.24, 2.45) is 28.1 Å². The number of amidine groups is 1. The molecule has 9 nitrogen and oxygen atoms in total. The second kappa shape index (κ2) is 8.04. The topological polar surface area (TPSA) is 126 Å². The molecule has 1 aromatic carbocycles. The summed E-state index contributed by atoms with van der Waals surface area (Å²) in [4.78, 5) is 28.8. The van der Waals surface area contributed by atoms with Gasteiger partial charge in [-0.05, 0) is 91.9 Å². The Morgan fingerprint density at radius 2 is 1.97 bits per heavy atom. The van der Waals surface area contributed by atoms with Crippen LogP contribution in [0.25, 0.3) is 0 Å². The fraction of sp³-hybridized carbons (Fsp3) is 0.522. The molecule has 4 aliphatic rings. The third-order valence-electron chi connectivity index (χ3n) is 7.71. The van der Waals surface area contributed by atoms with Gasteiger partial charge in [0.05, 0.1) is 22.8 Å². The van der Waals surface area contributed by atoms with Gasteiger partial charge >= 0.3 is 11.8 Å². The van der Waals surface area contributed by atoms with Crippen molar-refractivity contribution >= 4 is 29.2 Å². The lowest BCUT2D eigenvalue weighted by molar-refractivity contribution is -0.389. The number of aromatic nitrogens is 2. The molecule has 2 unspecified atom stereocenters. The van der Waals surface area contributed by atoms with Crippen molar-refractivity contribution in [3.05, 3.63) is 56.5 Å². The smallest absolute Gasteiger partial charge is 0.380 e. The van der Waals surface area contributed by atoms with Crippen LogP contribution in [0, 0.1) is 40.1 Å². The number of carbonyl (C=O) groups is 1. The summed E-state index contributed by atoms with van der Waals surface area (Å²) in [6, 6.07) is 5.42.